The van der Waals surface area contributed by atoms with Crippen molar-refractivity contribution in [1.82, 2.24) is 0 Å². The SMILES string of the molecule is CCCCCCCCCCCCCOC(=O)C1CCC(C(=O)OCCCCCCCCCCC(C)C)CC1. The standard InChI is InChI=1S/C34H64O4/c1-4-5-6-7-8-9-10-12-15-18-21-28-37-33(35)31-24-26-32(27-25-31)34(36)38-29-22-19-16-13-11-14-17-20-23-30(2)3/h30-32H,4-29H2,1-3H3. The molecule has 0 aromatic carbocycles. The number of hydrogen-bond donors (Lipinski definition) is 0. The Morgan fingerprint density at radius 2 is 0.842 bits per heavy atom. The maximum absolute atomic E-state index is 12.4. The molecule has 1 rings (SSSR count). The third kappa shape index (κ3) is 19.9. The molecule has 224 valence electrons. The van der Waals surface area contributed by atoms with Crippen molar-refractivity contribution in [3.05, 3.63) is 0 Å². The van der Waals surface area contributed by atoms with Crippen LogP contribution in [0.3, 0.4) is 0 Å². The van der Waals surface area contributed by atoms with Crippen LogP contribution in [-0.4, -0.2) is 25.2 Å². The average molecular weight is 537 g/mol. The van der Waals surface area contributed by atoms with Crippen LogP contribution in [0, 0.1) is 17.8 Å². The van der Waals surface area contributed by atoms with Gasteiger partial charge in [0.05, 0.1) is 25.0 Å². The van der Waals surface area contributed by atoms with Gasteiger partial charge in [-0.15, -0.1) is 0 Å². The third-order valence-corrected chi connectivity index (χ3v) is 8.31. The van der Waals surface area contributed by atoms with Crippen LogP contribution in [0.2, 0.25) is 0 Å². The zero-order chi connectivity index (χ0) is 27.7. The molecule has 0 unspecified atom stereocenters. The summed E-state index contributed by atoms with van der Waals surface area (Å²) in [6, 6.07) is 0. The number of ether oxygens (including phenoxy) is 2. The van der Waals surface area contributed by atoms with Gasteiger partial charge in [0.1, 0.15) is 0 Å². The highest BCUT2D eigenvalue weighted by molar-refractivity contribution is 5.75. The van der Waals surface area contributed by atoms with E-state index in [9.17, 15) is 9.59 Å². The van der Waals surface area contributed by atoms with Gasteiger partial charge >= 0.3 is 11.9 Å². The Balaban J connectivity index is 1.91. The Bertz CT molecular complexity index is 551. The maximum Gasteiger partial charge on any atom is 0.308 e. The lowest BCUT2D eigenvalue weighted by atomic mass is 9.82. The van der Waals surface area contributed by atoms with Crippen molar-refractivity contribution in [1.29, 1.82) is 0 Å². The van der Waals surface area contributed by atoms with Crippen LogP contribution in [0.15, 0.2) is 0 Å². The minimum Gasteiger partial charge on any atom is -0.465 e. The second-order valence-electron chi connectivity index (χ2n) is 12.4. The Morgan fingerprint density at radius 3 is 1.18 bits per heavy atom. The average Bonchev–Trinajstić information content (AvgIpc) is 2.92. The zero-order valence-corrected chi connectivity index (χ0v) is 25.7. The highest BCUT2D eigenvalue weighted by Crippen LogP contribution is 2.30. The largest absolute Gasteiger partial charge is 0.465 e. The summed E-state index contributed by atoms with van der Waals surface area (Å²) in [5.41, 5.74) is 0. The fraction of sp³-hybridized carbons (Fsp3) is 0.941. The second kappa shape index (κ2) is 24.9. The van der Waals surface area contributed by atoms with Crippen LogP contribution in [0.25, 0.3) is 0 Å². The van der Waals surface area contributed by atoms with Gasteiger partial charge in [-0.1, -0.05) is 136 Å². The van der Waals surface area contributed by atoms with Crippen molar-refractivity contribution in [2.75, 3.05) is 13.2 Å². The molecular formula is C34H64O4. The number of carbonyl (C=O) groups is 2. The smallest absolute Gasteiger partial charge is 0.308 e. The summed E-state index contributed by atoms with van der Waals surface area (Å²) in [5.74, 6) is 0.665. The first kappa shape index (κ1) is 35.0. The molecule has 0 N–H and O–H groups in total. The van der Waals surface area contributed by atoms with Gasteiger partial charge < -0.3 is 9.47 Å². The molecule has 38 heavy (non-hydrogen) atoms. The minimum atomic E-state index is -0.0528. The van der Waals surface area contributed by atoms with Crippen molar-refractivity contribution in [2.24, 2.45) is 17.8 Å². The molecule has 0 saturated heterocycles. The summed E-state index contributed by atoms with van der Waals surface area (Å²) in [7, 11) is 0. The van der Waals surface area contributed by atoms with Gasteiger partial charge in [-0.05, 0) is 44.4 Å². The predicted octanol–water partition coefficient (Wildman–Crippen LogP) is 10.4. The van der Waals surface area contributed by atoms with Crippen LogP contribution in [0.4, 0.5) is 0 Å². The molecule has 1 saturated carbocycles. The lowest BCUT2D eigenvalue weighted by Gasteiger charge is -2.26. The fourth-order valence-corrected chi connectivity index (χ4v) is 5.63. The first-order valence-electron chi connectivity index (χ1n) is 16.9. The monoisotopic (exact) mass is 536 g/mol. The molecular weight excluding hydrogens is 472 g/mol. The molecule has 4 nitrogen and oxygen atoms in total. The summed E-state index contributed by atoms with van der Waals surface area (Å²) in [5, 5.41) is 0. The molecule has 0 heterocycles. The van der Waals surface area contributed by atoms with Crippen molar-refractivity contribution < 1.29 is 19.1 Å². The molecule has 0 aromatic heterocycles. The zero-order valence-electron chi connectivity index (χ0n) is 25.7. The predicted molar refractivity (Wildman–Crippen MR) is 160 cm³/mol. The number of hydrogen-bond acceptors (Lipinski definition) is 4. The topological polar surface area (TPSA) is 52.6 Å². The molecule has 0 aliphatic heterocycles. The van der Waals surface area contributed by atoms with Gasteiger partial charge in [-0.25, -0.2) is 0 Å². The Hall–Kier alpha value is -1.06. The Kier molecular flexibility index (Phi) is 23.0. The lowest BCUT2D eigenvalue weighted by Crippen LogP contribution is -2.28. The number of esters is 2. The van der Waals surface area contributed by atoms with Gasteiger partial charge in [0, 0.05) is 0 Å². The number of rotatable bonds is 25. The minimum absolute atomic E-state index is 0.0304. The molecule has 0 spiro atoms. The summed E-state index contributed by atoms with van der Waals surface area (Å²) < 4.78 is 11.1. The van der Waals surface area contributed by atoms with E-state index < -0.39 is 0 Å². The first-order valence-corrected chi connectivity index (χ1v) is 16.9. The van der Waals surface area contributed by atoms with E-state index in [4.69, 9.17) is 9.47 Å². The van der Waals surface area contributed by atoms with E-state index in [-0.39, 0.29) is 23.8 Å². The molecule has 0 aromatic rings. The van der Waals surface area contributed by atoms with Gasteiger partial charge in [0.15, 0.2) is 0 Å². The summed E-state index contributed by atoms with van der Waals surface area (Å²) in [4.78, 5) is 24.8. The lowest BCUT2D eigenvalue weighted by molar-refractivity contribution is -0.155. The number of carbonyl (C=O) groups excluding carboxylic acids is 2. The fourth-order valence-electron chi connectivity index (χ4n) is 5.63. The van der Waals surface area contributed by atoms with Gasteiger partial charge in [0.2, 0.25) is 0 Å². The van der Waals surface area contributed by atoms with Crippen molar-refractivity contribution in [2.45, 2.75) is 175 Å². The van der Waals surface area contributed by atoms with Crippen molar-refractivity contribution >= 4 is 11.9 Å². The van der Waals surface area contributed by atoms with Crippen LogP contribution in [0.5, 0.6) is 0 Å². The highest BCUT2D eigenvalue weighted by Gasteiger charge is 2.31. The van der Waals surface area contributed by atoms with E-state index in [1.165, 1.54) is 103 Å². The second-order valence-corrected chi connectivity index (χ2v) is 12.4. The van der Waals surface area contributed by atoms with Crippen LogP contribution in [0.1, 0.15) is 175 Å². The molecule has 0 atom stereocenters. The molecule has 0 bridgehead atoms. The van der Waals surface area contributed by atoms with Crippen LogP contribution >= 0.6 is 0 Å². The van der Waals surface area contributed by atoms with E-state index in [2.05, 4.69) is 20.8 Å². The normalized spacial score (nSPS) is 17.6. The van der Waals surface area contributed by atoms with E-state index in [0.717, 1.165) is 57.3 Å². The Morgan fingerprint density at radius 1 is 0.526 bits per heavy atom. The highest BCUT2D eigenvalue weighted by atomic mass is 16.5. The van der Waals surface area contributed by atoms with E-state index in [1.807, 2.05) is 0 Å². The molecule has 0 radical (unpaired) electrons. The Labute approximate surface area is 236 Å². The first-order chi connectivity index (χ1) is 18.5. The van der Waals surface area contributed by atoms with E-state index in [0.29, 0.717) is 13.2 Å². The molecule has 4 heteroatoms. The third-order valence-electron chi connectivity index (χ3n) is 8.31. The molecule has 1 aliphatic rings. The molecule has 1 aliphatic carbocycles. The summed E-state index contributed by atoms with van der Waals surface area (Å²) >= 11 is 0. The maximum atomic E-state index is 12.4. The molecule has 1 fully saturated rings. The van der Waals surface area contributed by atoms with E-state index in [1.54, 1.807) is 0 Å². The van der Waals surface area contributed by atoms with Crippen molar-refractivity contribution in [3.63, 3.8) is 0 Å². The quantitative estimate of drug-likeness (QED) is 0.0860. The summed E-state index contributed by atoms with van der Waals surface area (Å²) in [6.07, 6.45) is 28.8. The van der Waals surface area contributed by atoms with E-state index >= 15 is 0 Å². The van der Waals surface area contributed by atoms with Crippen LogP contribution in [-0.2, 0) is 19.1 Å². The molecule has 0 amide bonds. The van der Waals surface area contributed by atoms with Crippen molar-refractivity contribution in [3.8, 4) is 0 Å². The van der Waals surface area contributed by atoms with Crippen LogP contribution < -0.4 is 0 Å². The van der Waals surface area contributed by atoms with Gasteiger partial charge in [-0.3, -0.25) is 9.59 Å². The van der Waals surface area contributed by atoms with Gasteiger partial charge in [0.25, 0.3) is 0 Å². The summed E-state index contributed by atoms with van der Waals surface area (Å²) in [6.45, 7) is 7.97. The number of unbranched alkanes of at least 4 members (excludes halogenated alkanes) is 17. The van der Waals surface area contributed by atoms with Gasteiger partial charge in [-0.2, -0.15) is 0 Å².